The van der Waals surface area contributed by atoms with Crippen LogP contribution >= 0.6 is 15.9 Å². The maximum absolute atomic E-state index is 11.9. The fourth-order valence-electron chi connectivity index (χ4n) is 1.18. The van der Waals surface area contributed by atoms with E-state index in [9.17, 15) is 13.2 Å². The van der Waals surface area contributed by atoms with E-state index >= 15 is 0 Å². The van der Waals surface area contributed by atoms with Crippen molar-refractivity contribution in [3.63, 3.8) is 0 Å². The van der Waals surface area contributed by atoms with Gasteiger partial charge in [-0.2, -0.15) is 0 Å². The van der Waals surface area contributed by atoms with Crippen LogP contribution in [0.15, 0.2) is 27.6 Å². The van der Waals surface area contributed by atoms with Gasteiger partial charge in [0.25, 0.3) is 0 Å². The number of amides is 1. The number of nitrogen functional groups attached to an aromatic ring is 1. The number of carbonyl (C=O) groups is 1. The van der Waals surface area contributed by atoms with Crippen molar-refractivity contribution in [2.24, 2.45) is 0 Å². The maximum Gasteiger partial charge on any atom is 0.240 e. The van der Waals surface area contributed by atoms with Gasteiger partial charge in [0.15, 0.2) is 0 Å². The third-order valence-corrected chi connectivity index (χ3v) is 4.22. The number of halogens is 1. The van der Waals surface area contributed by atoms with Gasteiger partial charge in [-0.15, -0.1) is 0 Å². The van der Waals surface area contributed by atoms with Crippen LogP contribution < -0.4 is 15.8 Å². The molecule has 1 aromatic carbocycles. The lowest BCUT2D eigenvalue weighted by atomic mass is 10.3. The molecule has 1 amide bonds. The lowest BCUT2D eigenvalue weighted by Gasteiger charge is -2.08. The van der Waals surface area contributed by atoms with E-state index in [1.54, 1.807) is 0 Å². The minimum atomic E-state index is -3.58. The van der Waals surface area contributed by atoms with Crippen molar-refractivity contribution in [3.8, 4) is 0 Å². The van der Waals surface area contributed by atoms with Gasteiger partial charge in [-0.3, -0.25) is 4.79 Å². The number of anilines is 1. The number of nitrogens with two attached hydrogens (primary N) is 1. The quantitative estimate of drug-likeness (QED) is 0.537. The van der Waals surface area contributed by atoms with Crippen LogP contribution in [0.5, 0.6) is 0 Å². The van der Waals surface area contributed by atoms with Gasteiger partial charge in [0.2, 0.25) is 15.9 Å². The molecule has 0 saturated carbocycles. The van der Waals surface area contributed by atoms with Crippen molar-refractivity contribution < 1.29 is 13.2 Å². The summed E-state index contributed by atoms with van der Waals surface area (Å²) in [7, 11) is -3.58. The molecule has 0 heterocycles. The summed E-state index contributed by atoms with van der Waals surface area (Å²) in [6, 6.07) is 4.35. The van der Waals surface area contributed by atoms with E-state index in [1.165, 1.54) is 25.1 Å². The van der Waals surface area contributed by atoms with Crippen molar-refractivity contribution in [2.45, 2.75) is 11.8 Å². The second-order valence-electron chi connectivity index (χ2n) is 3.56. The lowest BCUT2D eigenvalue weighted by Crippen LogP contribution is -2.33. The molecule has 18 heavy (non-hydrogen) atoms. The monoisotopic (exact) mass is 335 g/mol. The van der Waals surface area contributed by atoms with Gasteiger partial charge >= 0.3 is 0 Å². The first-order valence-electron chi connectivity index (χ1n) is 5.12. The fraction of sp³-hybridized carbons (Fsp3) is 0.300. The van der Waals surface area contributed by atoms with Gasteiger partial charge < -0.3 is 11.1 Å². The highest BCUT2D eigenvalue weighted by molar-refractivity contribution is 9.10. The van der Waals surface area contributed by atoms with Gasteiger partial charge in [-0.25, -0.2) is 13.1 Å². The van der Waals surface area contributed by atoms with E-state index < -0.39 is 10.0 Å². The highest BCUT2D eigenvalue weighted by atomic mass is 79.9. The molecular weight excluding hydrogens is 322 g/mol. The topological polar surface area (TPSA) is 101 Å². The normalized spacial score (nSPS) is 11.2. The second kappa shape index (κ2) is 6.17. The molecule has 4 N–H and O–H groups in total. The standard InChI is InChI=1S/C10H14BrN3O3S/c1-7(15)13-4-5-14-18(16,17)8-2-3-10(12)9(11)6-8/h2-3,6,14H,4-5,12H2,1H3,(H,13,15). The zero-order chi connectivity index (χ0) is 13.8. The lowest BCUT2D eigenvalue weighted by molar-refractivity contribution is -0.118. The zero-order valence-electron chi connectivity index (χ0n) is 9.73. The second-order valence-corrected chi connectivity index (χ2v) is 6.19. The number of hydrogen-bond acceptors (Lipinski definition) is 4. The fourth-order valence-corrected chi connectivity index (χ4v) is 2.77. The molecule has 0 aliphatic heterocycles. The predicted molar refractivity (Wildman–Crippen MR) is 72.4 cm³/mol. The first-order chi connectivity index (χ1) is 8.33. The minimum absolute atomic E-state index is 0.117. The average Bonchev–Trinajstić information content (AvgIpc) is 2.28. The minimum Gasteiger partial charge on any atom is -0.398 e. The number of carbonyl (C=O) groups excluding carboxylic acids is 1. The Hall–Kier alpha value is -1.12. The Morgan fingerprint density at radius 2 is 2.06 bits per heavy atom. The van der Waals surface area contributed by atoms with E-state index in [1.807, 2.05) is 0 Å². The van der Waals surface area contributed by atoms with Crippen molar-refractivity contribution in [2.75, 3.05) is 18.8 Å². The van der Waals surface area contributed by atoms with Crippen LogP contribution in [0.25, 0.3) is 0 Å². The van der Waals surface area contributed by atoms with Crippen LogP contribution in [0.4, 0.5) is 5.69 Å². The molecule has 0 bridgehead atoms. The van der Waals surface area contributed by atoms with Crippen LogP contribution in [-0.4, -0.2) is 27.4 Å². The summed E-state index contributed by atoms with van der Waals surface area (Å²) in [6.07, 6.45) is 0. The number of hydrogen-bond donors (Lipinski definition) is 3. The summed E-state index contributed by atoms with van der Waals surface area (Å²) in [5, 5.41) is 2.49. The van der Waals surface area contributed by atoms with Crippen molar-refractivity contribution in [1.29, 1.82) is 0 Å². The van der Waals surface area contributed by atoms with Gasteiger partial charge in [0.05, 0.1) is 4.90 Å². The molecule has 0 saturated heterocycles. The third-order valence-electron chi connectivity index (χ3n) is 2.07. The predicted octanol–water partition coefficient (Wildman–Crippen LogP) is 0.446. The van der Waals surface area contributed by atoms with E-state index in [0.717, 1.165) is 0 Å². The number of sulfonamides is 1. The molecular formula is C10H14BrN3O3S. The molecule has 0 aromatic heterocycles. The molecule has 0 radical (unpaired) electrons. The summed E-state index contributed by atoms with van der Waals surface area (Å²) >= 11 is 3.17. The molecule has 0 unspecified atom stereocenters. The summed E-state index contributed by atoms with van der Waals surface area (Å²) in [6.45, 7) is 1.74. The molecule has 1 rings (SSSR count). The van der Waals surface area contributed by atoms with Gasteiger partial charge in [0.1, 0.15) is 0 Å². The molecule has 6 nitrogen and oxygen atoms in total. The SMILES string of the molecule is CC(=O)NCCNS(=O)(=O)c1ccc(N)c(Br)c1. The molecule has 8 heteroatoms. The number of nitrogens with one attached hydrogen (secondary N) is 2. The molecule has 0 fully saturated rings. The number of benzene rings is 1. The summed E-state index contributed by atoms with van der Waals surface area (Å²) in [5.74, 6) is -0.204. The Kier molecular flexibility index (Phi) is 5.12. The van der Waals surface area contributed by atoms with Crippen LogP contribution in [0.3, 0.4) is 0 Å². The van der Waals surface area contributed by atoms with Crippen LogP contribution in [0.2, 0.25) is 0 Å². The summed E-state index contributed by atoms with van der Waals surface area (Å²) in [5.41, 5.74) is 6.04. The average molecular weight is 336 g/mol. The molecule has 1 aromatic rings. The van der Waals surface area contributed by atoms with Crippen LogP contribution in [0.1, 0.15) is 6.92 Å². The van der Waals surface area contributed by atoms with E-state index in [2.05, 4.69) is 26.0 Å². The maximum atomic E-state index is 11.9. The van der Waals surface area contributed by atoms with Gasteiger partial charge in [0, 0.05) is 30.2 Å². The van der Waals surface area contributed by atoms with Crippen molar-refractivity contribution in [1.82, 2.24) is 10.0 Å². The number of rotatable bonds is 5. The molecule has 0 aliphatic rings. The van der Waals surface area contributed by atoms with Crippen LogP contribution in [0, 0.1) is 0 Å². The zero-order valence-corrected chi connectivity index (χ0v) is 12.1. The Morgan fingerprint density at radius 3 is 2.61 bits per heavy atom. The molecule has 100 valence electrons. The molecule has 0 atom stereocenters. The van der Waals surface area contributed by atoms with E-state index in [-0.39, 0.29) is 23.9 Å². The Bertz CT molecular complexity index is 545. The summed E-state index contributed by atoms with van der Waals surface area (Å²) < 4.78 is 26.6. The largest absolute Gasteiger partial charge is 0.398 e. The molecule has 0 spiro atoms. The van der Waals surface area contributed by atoms with Crippen molar-refractivity contribution >= 4 is 37.5 Å². The van der Waals surface area contributed by atoms with Crippen molar-refractivity contribution in [3.05, 3.63) is 22.7 Å². The van der Waals surface area contributed by atoms with Gasteiger partial charge in [-0.05, 0) is 34.1 Å². The Balaban J connectivity index is 2.68. The Morgan fingerprint density at radius 1 is 1.39 bits per heavy atom. The third kappa shape index (κ3) is 4.28. The summed E-state index contributed by atoms with van der Waals surface area (Å²) in [4.78, 5) is 10.7. The first-order valence-corrected chi connectivity index (χ1v) is 7.39. The Labute approximate surface area is 114 Å². The van der Waals surface area contributed by atoms with E-state index in [0.29, 0.717) is 10.2 Å². The molecule has 0 aliphatic carbocycles. The smallest absolute Gasteiger partial charge is 0.240 e. The van der Waals surface area contributed by atoms with Crippen LogP contribution in [-0.2, 0) is 14.8 Å². The first kappa shape index (κ1) is 14.9. The highest BCUT2D eigenvalue weighted by Gasteiger charge is 2.14. The highest BCUT2D eigenvalue weighted by Crippen LogP contribution is 2.22. The van der Waals surface area contributed by atoms with Gasteiger partial charge in [-0.1, -0.05) is 0 Å². The van der Waals surface area contributed by atoms with E-state index in [4.69, 9.17) is 5.73 Å².